The van der Waals surface area contributed by atoms with Gasteiger partial charge in [-0.25, -0.2) is 0 Å². The van der Waals surface area contributed by atoms with E-state index in [1.165, 1.54) is 12.5 Å². The summed E-state index contributed by atoms with van der Waals surface area (Å²) in [7, 11) is 0. The van der Waals surface area contributed by atoms with E-state index in [1.807, 2.05) is 36.4 Å². The molecule has 3 nitrogen and oxygen atoms in total. The third kappa shape index (κ3) is 4.16. The second kappa shape index (κ2) is 7.54. The van der Waals surface area contributed by atoms with Gasteiger partial charge in [0.05, 0.1) is 0 Å². The van der Waals surface area contributed by atoms with Gasteiger partial charge in [0.1, 0.15) is 6.61 Å². The van der Waals surface area contributed by atoms with Crippen molar-refractivity contribution < 1.29 is 14.3 Å². The smallest absolute Gasteiger partial charge is 0.302 e. The van der Waals surface area contributed by atoms with E-state index in [-0.39, 0.29) is 18.4 Å². The molecule has 2 aromatic carbocycles. The molecule has 0 bridgehead atoms. The highest BCUT2D eigenvalue weighted by atomic mass is 127. The predicted molar refractivity (Wildman–Crippen MR) is 93.9 cm³/mol. The van der Waals surface area contributed by atoms with E-state index in [4.69, 9.17) is 4.74 Å². The first-order valence-corrected chi connectivity index (χ1v) is 8.14. The molecule has 0 heterocycles. The van der Waals surface area contributed by atoms with E-state index in [0.29, 0.717) is 11.1 Å². The average Bonchev–Trinajstić information content (AvgIpc) is 2.53. The van der Waals surface area contributed by atoms with Crippen LogP contribution in [0.2, 0.25) is 0 Å². The van der Waals surface area contributed by atoms with Crippen LogP contribution in [0.15, 0.2) is 42.5 Å². The monoisotopic (exact) mass is 408 g/mol. The van der Waals surface area contributed by atoms with Crippen molar-refractivity contribution in [3.05, 3.63) is 68.3 Å². The van der Waals surface area contributed by atoms with Gasteiger partial charge in [0.25, 0.3) is 0 Å². The zero-order valence-electron chi connectivity index (χ0n) is 12.6. The third-order valence-corrected chi connectivity index (χ3v) is 4.37. The summed E-state index contributed by atoms with van der Waals surface area (Å²) in [6.07, 6.45) is 0.956. The maximum absolute atomic E-state index is 12.5. The van der Waals surface area contributed by atoms with E-state index in [1.54, 1.807) is 6.07 Å². The van der Waals surface area contributed by atoms with Crippen LogP contribution in [-0.4, -0.2) is 11.8 Å². The van der Waals surface area contributed by atoms with E-state index in [9.17, 15) is 9.59 Å². The summed E-state index contributed by atoms with van der Waals surface area (Å²) >= 11 is 2.15. The zero-order valence-corrected chi connectivity index (χ0v) is 14.7. The average molecular weight is 408 g/mol. The fourth-order valence-electron chi connectivity index (χ4n) is 2.04. The highest BCUT2D eigenvalue weighted by Crippen LogP contribution is 2.19. The molecule has 0 aliphatic heterocycles. The Bertz CT molecular complexity index is 690. The molecule has 0 aliphatic rings. The number of aryl methyl sites for hydroxylation is 1. The van der Waals surface area contributed by atoms with Crippen molar-refractivity contribution in [1.29, 1.82) is 0 Å². The minimum absolute atomic E-state index is 0.000365. The molecule has 0 amide bonds. The van der Waals surface area contributed by atoms with Gasteiger partial charge in [-0.15, -0.1) is 0 Å². The van der Waals surface area contributed by atoms with Gasteiger partial charge < -0.3 is 4.74 Å². The number of esters is 1. The highest BCUT2D eigenvalue weighted by molar-refractivity contribution is 14.1. The predicted octanol–water partition coefficient (Wildman–Crippen LogP) is 4.15. The lowest BCUT2D eigenvalue weighted by atomic mass is 10.0. The SMILES string of the molecule is CCc1ccc(C(=O)c2ccc(COC(C)=O)c(I)c2)cc1. The zero-order chi connectivity index (χ0) is 16.1. The van der Waals surface area contributed by atoms with Gasteiger partial charge in [-0.1, -0.05) is 43.3 Å². The Morgan fingerprint density at radius 3 is 2.23 bits per heavy atom. The lowest BCUT2D eigenvalue weighted by molar-refractivity contribution is -0.142. The summed E-state index contributed by atoms with van der Waals surface area (Å²) in [5, 5.41) is 0. The molecule has 0 spiro atoms. The molecule has 0 radical (unpaired) electrons. The fraction of sp³-hybridized carbons (Fsp3) is 0.222. The van der Waals surface area contributed by atoms with Crippen LogP contribution >= 0.6 is 22.6 Å². The van der Waals surface area contributed by atoms with Crippen molar-refractivity contribution in [2.75, 3.05) is 0 Å². The molecule has 0 saturated carbocycles. The largest absolute Gasteiger partial charge is 0.461 e. The number of ether oxygens (including phenoxy) is 1. The molecule has 4 heteroatoms. The minimum atomic E-state index is -0.313. The molecule has 0 saturated heterocycles. The second-order valence-corrected chi connectivity index (χ2v) is 6.13. The van der Waals surface area contributed by atoms with Crippen LogP contribution in [0.25, 0.3) is 0 Å². The number of hydrogen-bond donors (Lipinski definition) is 0. The van der Waals surface area contributed by atoms with Crippen molar-refractivity contribution in [2.24, 2.45) is 0 Å². The Balaban J connectivity index is 2.19. The van der Waals surface area contributed by atoms with Gasteiger partial charge in [-0.2, -0.15) is 0 Å². The summed E-state index contributed by atoms with van der Waals surface area (Å²) in [6.45, 7) is 3.69. The highest BCUT2D eigenvalue weighted by Gasteiger charge is 2.11. The quantitative estimate of drug-likeness (QED) is 0.424. The molecule has 0 aromatic heterocycles. The van der Waals surface area contributed by atoms with Gasteiger partial charge in [0, 0.05) is 27.2 Å². The third-order valence-electron chi connectivity index (χ3n) is 3.37. The maximum atomic E-state index is 12.5. The van der Waals surface area contributed by atoms with Gasteiger partial charge in [-0.05, 0) is 40.6 Å². The molecule has 114 valence electrons. The topological polar surface area (TPSA) is 43.4 Å². The van der Waals surface area contributed by atoms with Crippen molar-refractivity contribution in [2.45, 2.75) is 26.9 Å². The van der Waals surface area contributed by atoms with Crippen LogP contribution in [0.4, 0.5) is 0 Å². The number of carbonyl (C=O) groups is 2. The molecule has 22 heavy (non-hydrogen) atoms. The normalized spacial score (nSPS) is 10.3. The van der Waals surface area contributed by atoms with Crippen LogP contribution in [0, 0.1) is 3.57 Å². The second-order valence-electron chi connectivity index (χ2n) is 4.97. The summed E-state index contributed by atoms with van der Waals surface area (Å²) in [5.74, 6) is -0.313. The van der Waals surface area contributed by atoms with E-state index in [0.717, 1.165) is 15.6 Å². The first kappa shape index (κ1) is 16.7. The standard InChI is InChI=1S/C18H17IO3/c1-3-13-4-6-14(7-5-13)18(21)15-8-9-16(17(19)10-15)11-22-12(2)20/h4-10H,3,11H2,1-2H3. The summed E-state index contributed by atoms with van der Waals surface area (Å²) in [6, 6.07) is 13.1. The molecule has 0 N–H and O–H groups in total. The number of hydrogen-bond acceptors (Lipinski definition) is 3. The van der Waals surface area contributed by atoms with Gasteiger partial charge in [0.2, 0.25) is 0 Å². The summed E-state index contributed by atoms with van der Waals surface area (Å²) < 4.78 is 5.90. The van der Waals surface area contributed by atoms with Crippen LogP contribution < -0.4 is 0 Å². The maximum Gasteiger partial charge on any atom is 0.302 e. The van der Waals surface area contributed by atoms with Crippen LogP contribution in [0.5, 0.6) is 0 Å². The Morgan fingerprint density at radius 2 is 1.68 bits per heavy atom. The number of benzene rings is 2. The van der Waals surface area contributed by atoms with Crippen LogP contribution in [0.3, 0.4) is 0 Å². The van der Waals surface area contributed by atoms with E-state index < -0.39 is 0 Å². The Morgan fingerprint density at radius 1 is 1.05 bits per heavy atom. The molecular formula is C18H17IO3. The molecule has 2 rings (SSSR count). The number of carbonyl (C=O) groups excluding carboxylic acids is 2. The van der Waals surface area contributed by atoms with E-state index >= 15 is 0 Å². The molecular weight excluding hydrogens is 391 g/mol. The molecule has 0 fully saturated rings. The molecule has 0 unspecified atom stereocenters. The van der Waals surface area contributed by atoms with Gasteiger partial charge >= 0.3 is 5.97 Å². The van der Waals surface area contributed by atoms with Gasteiger partial charge in [-0.3, -0.25) is 9.59 Å². The number of rotatable bonds is 5. The Hall–Kier alpha value is -1.69. The number of halogens is 1. The van der Waals surface area contributed by atoms with Crippen LogP contribution in [0.1, 0.15) is 40.9 Å². The molecule has 0 atom stereocenters. The lowest BCUT2D eigenvalue weighted by Crippen LogP contribution is -2.05. The van der Waals surface area contributed by atoms with Crippen molar-refractivity contribution in [3.63, 3.8) is 0 Å². The van der Waals surface area contributed by atoms with E-state index in [2.05, 4.69) is 29.5 Å². The van der Waals surface area contributed by atoms with Crippen LogP contribution in [-0.2, 0) is 22.6 Å². The van der Waals surface area contributed by atoms with Crippen molar-refractivity contribution >= 4 is 34.3 Å². The van der Waals surface area contributed by atoms with Crippen molar-refractivity contribution in [1.82, 2.24) is 0 Å². The minimum Gasteiger partial charge on any atom is -0.461 e. The van der Waals surface area contributed by atoms with Gasteiger partial charge in [0.15, 0.2) is 5.78 Å². The number of ketones is 1. The van der Waals surface area contributed by atoms with Crippen molar-refractivity contribution in [3.8, 4) is 0 Å². The molecule has 2 aromatic rings. The lowest BCUT2D eigenvalue weighted by Gasteiger charge is -2.08. The Kier molecular flexibility index (Phi) is 5.71. The summed E-state index contributed by atoms with van der Waals surface area (Å²) in [4.78, 5) is 23.3. The fourth-order valence-corrected chi connectivity index (χ4v) is 2.71. The first-order chi connectivity index (χ1) is 10.5. The first-order valence-electron chi connectivity index (χ1n) is 7.06. The summed E-state index contributed by atoms with van der Waals surface area (Å²) in [5.41, 5.74) is 3.43. The Labute approximate surface area is 143 Å². The molecule has 0 aliphatic carbocycles.